The van der Waals surface area contributed by atoms with Gasteiger partial charge in [0, 0.05) is 43.6 Å². The van der Waals surface area contributed by atoms with Crippen LogP contribution in [0.15, 0.2) is 24.5 Å². The van der Waals surface area contributed by atoms with Crippen LogP contribution < -0.4 is 10.6 Å². The van der Waals surface area contributed by atoms with Gasteiger partial charge in [-0.25, -0.2) is 0 Å². The molecule has 0 bridgehead atoms. The summed E-state index contributed by atoms with van der Waals surface area (Å²) in [6.07, 6.45) is 3.61. The fourth-order valence-electron chi connectivity index (χ4n) is 1.86. The minimum absolute atomic E-state index is 0.151. The van der Waals surface area contributed by atoms with E-state index < -0.39 is 0 Å². The van der Waals surface area contributed by atoms with Gasteiger partial charge in [0.25, 0.3) is 0 Å². The monoisotopic (exact) mass is 207 g/mol. The van der Waals surface area contributed by atoms with E-state index in [2.05, 4.69) is 16.9 Å². The molecule has 0 unspecified atom stereocenters. The molecule has 1 aliphatic heterocycles. The van der Waals surface area contributed by atoms with Crippen molar-refractivity contribution in [2.24, 2.45) is 11.1 Å². The first-order chi connectivity index (χ1) is 7.26. The predicted octanol–water partition coefficient (Wildman–Crippen LogP) is 0.493. The Balaban J connectivity index is 2.00. The van der Waals surface area contributed by atoms with E-state index >= 15 is 0 Å². The van der Waals surface area contributed by atoms with E-state index in [1.54, 1.807) is 12.4 Å². The van der Waals surface area contributed by atoms with Gasteiger partial charge in [-0.15, -0.1) is 0 Å². The van der Waals surface area contributed by atoms with Crippen molar-refractivity contribution in [2.45, 2.75) is 0 Å². The van der Waals surface area contributed by atoms with Gasteiger partial charge in [-0.05, 0) is 12.1 Å². The molecule has 2 rings (SSSR count). The third kappa shape index (κ3) is 2.11. The Bertz CT molecular complexity index is 305. The van der Waals surface area contributed by atoms with Crippen molar-refractivity contribution in [3.8, 4) is 0 Å². The predicted molar refractivity (Wildman–Crippen MR) is 59.8 cm³/mol. The number of aromatic nitrogens is 1. The van der Waals surface area contributed by atoms with Crippen LogP contribution in [0.1, 0.15) is 0 Å². The van der Waals surface area contributed by atoms with E-state index in [4.69, 9.17) is 10.5 Å². The average molecular weight is 207 g/mol. The number of nitrogens with two attached hydrogens (primary N) is 1. The molecule has 1 aliphatic rings. The summed E-state index contributed by atoms with van der Waals surface area (Å²) in [6, 6.07) is 4.01. The molecule has 1 fully saturated rings. The van der Waals surface area contributed by atoms with Crippen LogP contribution in [0.4, 0.5) is 5.69 Å². The highest BCUT2D eigenvalue weighted by molar-refractivity contribution is 5.43. The molecule has 1 aromatic heterocycles. The maximum absolute atomic E-state index is 5.78. The van der Waals surface area contributed by atoms with Crippen LogP contribution >= 0.6 is 0 Å². The standard InChI is InChI=1S/C11H17N3O/c1-14(10-2-4-13-5-3-10)7-11(6-12)8-15-9-11/h2-5H,6-9,12H2,1H3. The number of hydrogen-bond donors (Lipinski definition) is 1. The topological polar surface area (TPSA) is 51.4 Å². The summed E-state index contributed by atoms with van der Waals surface area (Å²) >= 11 is 0. The average Bonchev–Trinajstić information content (AvgIpc) is 2.24. The highest BCUT2D eigenvalue weighted by Gasteiger charge is 2.38. The Labute approximate surface area is 90.0 Å². The molecule has 0 radical (unpaired) electrons. The van der Waals surface area contributed by atoms with Gasteiger partial charge in [-0.2, -0.15) is 0 Å². The molecule has 82 valence electrons. The van der Waals surface area contributed by atoms with Gasteiger partial charge in [-0.3, -0.25) is 4.98 Å². The molecule has 15 heavy (non-hydrogen) atoms. The molecular formula is C11H17N3O. The molecule has 0 amide bonds. The van der Waals surface area contributed by atoms with Crippen molar-refractivity contribution in [2.75, 3.05) is 38.3 Å². The van der Waals surface area contributed by atoms with Crippen molar-refractivity contribution >= 4 is 5.69 Å². The first-order valence-electron chi connectivity index (χ1n) is 5.15. The third-order valence-electron chi connectivity index (χ3n) is 2.93. The summed E-state index contributed by atoms with van der Waals surface area (Å²) in [5, 5.41) is 0. The van der Waals surface area contributed by atoms with E-state index in [0.717, 1.165) is 19.8 Å². The van der Waals surface area contributed by atoms with Crippen LogP contribution in [0.3, 0.4) is 0 Å². The molecule has 0 saturated carbocycles. The fourth-order valence-corrected chi connectivity index (χ4v) is 1.86. The molecule has 1 saturated heterocycles. The largest absolute Gasteiger partial charge is 0.380 e. The third-order valence-corrected chi connectivity index (χ3v) is 2.93. The van der Waals surface area contributed by atoms with Crippen molar-refractivity contribution in [1.29, 1.82) is 0 Å². The number of rotatable bonds is 4. The van der Waals surface area contributed by atoms with Gasteiger partial charge in [0.1, 0.15) is 0 Å². The maximum atomic E-state index is 5.78. The summed E-state index contributed by atoms with van der Waals surface area (Å²) in [5.74, 6) is 0. The molecular weight excluding hydrogens is 190 g/mol. The number of ether oxygens (including phenoxy) is 1. The highest BCUT2D eigenvalue weighted by atomic mass is 16.5. The minimum Gasteiger partial charge on any atom is -0.380 e. The first kappa shape index (κ1) is 10.4. The molecule has 4 nitrogen and oxygen atoms in total. The van der Waals surface area contributed by atoms with Crippen molar-refractivity contribution in [1.82, 2.24) is 4.98 Å². The lowest BCUT2D eigenvalue weighted by atomic mass is 9.85. The second kappa shape index (κ2) is 4.16. The second-order valence-corrected chi connectivity index (χ2v) is 4.26. The molecule has 2 heterocycles. The zero-order valence-electron chi connectivity index (χ0n) is 9.02. The summed E-state index contributed by atoms with van der Waals surface area (Å²) < 4.78 is 5.25. The summed E-state index contributed by atoms with van der Waals surface area (Å²) in [5.41, 5.74) is 7.10. The normalized spacial score (nSPS) is 18.3. The molecule has 0 spiro atoms. The van der Waals surface area contributed by atoms with E-state index in [1.165, 1.54) is 5.69 Å². The summed E-state index contributed by atoms with van der Waals surface area (Å²) in [6.45, 7) is 3.17. The van der Waals surface area contributed by atoms with Crippen molar-refractivity contribution in [3.63, 3.8) is 0 Å². The number of nitrogens with zero attached hydrogens (tertiary/aromatic N) is 2. The van der Waals surface area contributed by atoms with Crippen LogP contribution in [0.5, 0.6) is 0 Å². The van der Waals surface area contributed by atoms with Crippen LogP contribution in [0.25, 0.3) is 0 Å². The minimum atomic E-state index is 0.151. The number of pyridine rings is 1. The van der Waals surface area contributed by atoms with Gasteiger partial charge in [0.2, 0.25) is 0 Å². The quantitative estimate of drug-likeness (QED) is 0.781. The lowest BCUT2D eigenvalue weighted by Gasteiger charge is -2.43. The fraction of sp³-hybridized carbons (Fsp3) is 0.545. The van der Waals surface area contributed by atoms with E-state index in [1.807, 2.05) is 12.1 Å². The lowest BCUT2D eigenvalue weighted by Crippen LogP contribution is -2.54. The SMILES string of the molecule is CN(CC1(CN)COC1)c1ccncc1. The van der Waals surface area contributed by atoms with Gasteiger partial charge >= 0.3 is 0 Å². The van der Waals surface area contributed by atoms with Crippen LogP contribution in [-0.2, 0) is 4.74 Å². The zero-order chi connectivity index (χ0) is 10.7. The summed E-state index contributed by atoms with van der Waals surface area (Å²) in [7, 11) is 2.07. The Hall–Kier alpha value is -1.13. The lowest BCUT2D eigenvalue weighted by molar-refractivity contribution is -0.101. The van der Waals surface area contributed by atoms with Crippen molar-refractivity contribution < 1.29 is 4.74 Å². The van der Waals surface area contributed by atoms with Crippen molar-refractivity contribution in [3.05, 3.63) is 24.5 Å². The second-order valence-electron chi connectivity index (χ2n) is 4.26. The summed E-state index contributed by atoms with van der Waals surface area (Å²) in [4.78, 5) is 6.21. The van der Waals surface area contributed by atoms with Crippen LogP contribution in [0, 0.1) is 5.41 Å². The van der Waals surface area contributed by atoms with Gasteiger partial charge in [-0.1, -0.05) is 0 Å². The zero-order valence-corrected chi connectivity index (χ0v) is 9.02. The smallest absolute Gasteiger partial charge is 0.0574 e. The molecule has 1 aromatic rings. The molecule has 0 aromatic carbocycles. The molecule has 2 N–H and O–H groups in total. The molecule has 0 atom stereocenters. The Morgan fingerprint density at radius 1 is 1.47 bits per heavy atom. The number of hydrogen-bond acceptors (Lipinski definition) is 4. The van der Waals surface area contributed by atoms with E-state index in [0.29, 0.717) is 6.54 Å². The Morgan fingerprint density at radius 2 is 2.13 bits per heavy atom. The maximum Gasteiger partial charge on any atom is 0.0574 e. The Kier molecular flexibility index (Phi) is 2.88. The molecule has 0 aliphatic carbocycles. The van der Waals surface area contributed by atoms with E-state index in [9.17, 15) is 0 Å². The Morgan fingerprint density at radius 3 is 2.60 bits per heavy atom. The van der Waals surface area contributed by atoms with Gasteiger partial charge < -0.3 is 15.4 Å². The first-order valence-corrected chi connectivity index (χ1v) is 5.15. The van der Waals surface area contributed by atoms with Crippen LogP contribution in [-0.4, -0.2) is 38.3 Å². The highest BCUT2D eigenvalue weighted by Crippen LogP contribution is 2.28. The van der Waals surface area contributed by atoms with E-state index in [-0.39, 0.29) is 5.41 Å². The van der Waals surface area contributed by atoms with Gasteiger partial charge in [0.05, 0.1) is 13.2 Å². The van der Waals surface area contributed by atoms with Gasteiger partial charge in [0.15, 0.2) is 0 Å². The van der Waals surface area contributed by atoms with Crippen LogP contribution in [0.2, 0.25) is 0 Å². The molecule has 4 heteroatoms. The number of anilines is 1.